The average molecular weight is 278 g/mol. The Hall–Kier alpha value is -2.88. The Bertz CT molecular complexity index is 715. The second-order valence-corrected chi connectivity index (χ2v) is 4.56. The molecule has 0 amide bonds. The van der Waals surface area contributed by atoms with Crippen LogP contribution in [-0.4, -0.2) is 15.3 Å². The molecule has 0 saturated heterocycles. The van der Waals surface area contributed by atoms with Gasteiger partial charge >= 0.3 is 0 Å². The van der Waals surface area contributed by atoms with Crippen molar-refractivity contribution < 1.29 is 9.84 Å². The first kappa shape index (κ1) is 13.1. The van der Waals surface area contributed by atoms with E-state index in [1.54, 1.807) is 36.5 Å². The van der Waals surface area contributed by atoms with Gasteiger partial charge in [-0.15, -0.1) is 0 Å². The van der Waals surface area contributed by atoms with Crippen molar-refractivity contribution in [3.63, 3.8) is 0 Å². The molecule has 0 fully saturated rings. The number of hydrogen-bond donors (Lipinski definition) is 1. The highest BCUT2D eigenvalue weighted by atomic mass is 16.5. The summed E-state index contributed by atoms with van der Waals surface area (Å²) in [6.07, 6.45) is 1.59. The molecule has 1 N–H and O–H groups in total. The van der Waals surface area contributed by atoms with Gasteiger partial charge in [0.2, 0.25) is 0 Å². The third-order valence-corrected chi connectivity index (χ3v) is 3.06. The van der Waals surface area contributed by atoms with Gasteiger partial charge in [0.25, 0.3) is 0 Å². The van der Waals surface area contributed by atoms with Crippen LogP contribution in [0.25, 0.3) is 11.3 Å². The second kappa shape index (κ2) is 6.05. The molecule has 0 atom stereocenters. The number of phenols is 1. The van der Waals surface area contributed by atoms with Crippen molar-refractivity contribution >= 4 is 0 Å². The molecule has 0 aliphatic carbocycles. The molecule has 0 spiro atoms. The molecule has 3 aromatic rings. The highest BCUT2D eigenvalue weighted by Crippen LogP contribution is 2.31. The summed E-state index contributed by atoms with van der Waals surface area (Å²) in [5, 5.41) is 17.8. The van der Waals surface area contributed by atoms with Crippen LogP contribution in [0.1, 0.15) is 5.56 Å². The predicted molar refractivity (Wildman–Crippen MR) is 79.9 cm³/mol. The molecule has 21 heavy (non-hydrogen) atoms. The Morgan fingerprint density at radius 1 is 0.952 bits per heavy atom. The maximum atomic E-state index is 9.95. The minimum Gasteiger partial charge on any atom is -0.507 e. The Kier molecular flexibility index (Phi) is 3.78. The summed E-state index contributed by atoms with van der Waals surface area (Å²) in [5.41, 5.74) is 2.31. The zero-order valence-electron chi connectivity index (χ0n) is 11.3. The van der Waals surface area contributed by atoms with Gasteiger partial charge in [-0.25, -0.2) is 0 Å². The normalized spacial score (nSPS) is 10.3. The van der Waals surface area contributed by atoms with Crippen LogP contribution in [0.3, 0.4) is 0 Å². The summed E-state index contributed by atoms with van der Waals surface area (Å²) in [6.45, 7) is 0.478. The largest absolute Gasteiger partial charge is 0.507 e. The number of aromatic nitrogens is 2. The van der Waals surface area contributed by atoms with Crippen molar-refractivity contribution in [3.05, 3.63) is 72.4 Å². The fraction of sp³-hybridized carbons (Fsp3) is 0.0588. The van der Waals surface area contributed by atoms with Crippen molar-refractivity contribution in [3.8, 4) is 22.8 Å². The zero-order chi connectivity index (χ0) is 14.5. The summed E-state index contributed by atoms with van der Waals surface area (Å²) < 4.78 is 5.75. The lowest BCUT2D eigenvalue weighted by molar-refractivity contribution is 0.306. The third-order valence-electron chi connectivity index (χ3n) is 3.06. The summed E-state index contributed by atoms with van der Waals surface area (Å²) in [6, 6.07) is 18.6. The van der Waals surface area contributed by atoms with Crippen LogP contribution < -0.4 is 4.74 Å². The average Bonchev–Trinajstić information content (AvgIpc) is 2.56. The SMILES string of the molecule is Oc1ccc(OCc2ccccc2)cc1-c1cccnn1. The van der Waals surface area contributed by atoms with Crippen molar-refractivity contribution in [2.75, 3.05) is 0 Å². The summed E-state index contributed by atoms with van der Waals surface area (Å²) in [7, 11) is 0. The molecule has 4 heteroatoms. The molecule has 0 unspecified atom stereocenters. The van der Waals surface area contributed by atoms with E-state index in [2.05, 4.69) is 10.2 Å². The molecule has 104 valence electrons. The summed E-state index contributed by atoms with van der Waals surface area (Å²) >= 11 is 0. The van der Waals surface area contributed by atoms with E-state index in [-0.39, 0.29) is 5.75 Å². The molecule has 1 aromatic heterocycles. The van der Waals surface area contributed by atoms with Crippen LogP contribution in [0.15, 0.2) is 66.9 Å². The maximum absolute atomic E-state index is 9.95. The molecule has 0 aliphatic heterocycles. The Morgan fingerprint density at radius 3 is 2.57 bits per heavy atom. The quantitative estimate of drug-likeness (QED) is 0.794. The van der Waals surface area contributed by atoms with Gasteiger partial charge in [-0.05, 0) is 35.9 Å². The van der Waals surface area contributed by atoms with Crippen LogP contribution >= 0.6 is 0 Å². The molecule has 1 heterocycles. The number of benzene rings is 2. The van der Waals surface area contributed by atoms with E-state index in [4.69, 9.17) is 4.74 Å². The van der Waals surface area contributed by atoms with Crippen molar-refractivity contribution in [2.45, 2.75) is 6.61 Å². The molecule has 0 saturated carbocycles. The number of nitrogens with zero attached hydrogens (tertiary/aromatic N) is 2. The summed E-state index contributed by atoms with van der Waals surface area (Å²) in [5.74, 6) is 0.833. The van der Waals surface area contributed by atoms with Gasteiger partial charge in [0.05, 0.1) is 5.69 Å². The monoisotopic (exact) mass is 278 g/mol. The Morgan fingerprint density at radius 2 is 1.81 bits per heavy atom. The lowest BCUT2D eigenvalue weighted by Gasteiger charge is -2.09. The van der Waals surface area contributed by atoms with E-state index in [1.807, 2.05) is 30.3 Å². The number of aromatic hydroxyl groups is 1. The standard InChI is InChI=1S/C17H14N2O2/c20-17-9-8-14(21-12-13-5-2-1-3-6-13)11-15(17)16-7-4-10-18-19-16/h1-11,20H,12H2. The van der Waals surface area contributed by atoms with E-state index >= 15 is 0 Å². The topological polar surface area (TPSA) is 55.2 Å². The molecule has 0 radical (unpaired) electrons. The molecular weight excluding hydrogens is 264 g/mol. The van der Waals surface area contributed by atoms with E-state index in [1.165, 1.54) is 0 Å². The Labute approximate surface area is 122 Å². The fourth-order valence-electron chi connectivity index (χ4n) is 2.00. The first-order chi connectivity index (χ1) is 10.3. The second-order valence-electron chi connectivity index (χ2n) is 4.56. The van der Waals surface area contributed by atoms with Crippen LogP contribution in [-0.2, 0) is 6.61 Å². The van der Waals surface area contributed by atoms with Crippen LogP contribution in [0.2, 0.25) is 0 Å². The predicted octanol–water partition coefficient (Wildman–Crippen LogP) is 3.43. The van der Waals surface area contributed by atoms with Gasteiger partial charge < -0.3 is 9.84 Å². The van der Waals surface area contributed by atoms with Crippen LogP contribution in [0, 0.1) is 0 Å². The van der Waals surface area contributed by atoms with E-state index in [9.17, 15) is 5.11 Å². The van der Waals surface area contributed by atoms with E-state index < -0.39 is 0 Å². The minimum atomic E-state index is 0.155. The number of rotatable bonds is 4. The first-order valence-electron chi connectivity index (χ1n) is 6.61. The molecule has 3 rings (SSSR count). The van der Waals surface area contributed by atoms with E-state index in [0.717, 1.165) is 5.56 Å². The number of hydrogen-bond acceptors (Lipinski definition) is 4. The van der Waals surface area contributed by atoms with Crippen molar-refractivity contribution in [2.24, 2.45) is 0 Å². The van der Waals surface area contributed by atoms with Gasteiger partial charge in [-0.2, -0.15) is 10.2 Å². The lowest BCUT2D eigenvalue weighted by Crippen LogP contribution is -1.95. The molecule has 4 nitrogen and oxygen atoms in total. The Balaban J connectivity index is 1.81. The van der Waals surface area contributed by atoms with Crippen LogP contribution in [0.5, 0.6) is 11.5 Å². The zero-order valence-corrected chi connectivity index (χ0v) is 11.3. The smallest absolute Gasteiger partial charge is 0.125 e. The van der Waals surface area contributed by atoms with Crippen molar-refractivity contribution in [1.29, 1.82) is 0 Å². The fourth-order valence-corrected chi connectivity index (χ4v) is 2.00. The highest BCUT2D eigenvalue weighted by Gasteiger charge is 2.08. The van der Waals surface area contributed by atoms with Gasteiger partial charge in [-0.1, -0.05) is 30.3 Å². The highest BCUT2D eigenvalue weighted by molar-refractivity contribution is 5.68. The molecule has 0 aliphatic rings. The van der Waals surface area contributed by atoms with Crippen molar-refractivity contribution in [1.82, 2.24) is 10.2 Å². The van der Waals surface area contributed by atoms with Gasteiger partial charge in [0.15, 0.2) is 0 Å². The number of phenolic OH excluding ortho intramolecular Hbond substituents is 1. The third kappa shape index (κ3) is 3.17. The minimum absolute atomic E-state index is 0.155. The molecule has 2 aromatic carbocycles. The lowest BCUT2D eigenvalue weighted by atomic mass is 10.1. The first-order valence-corrected chi connectivity index (χ1v) is 6.61. The van der Waals surface area contributed by atoms with Gasteiger partial charge in [0, 0.05) is 11.8 Å². The maximum Gasteiger partial charge on any atom is 0.125 e. The molecular formula is C17H14N2O2. The summed E-state index contributed by atoms with van der Waals surface area (Å²) in [4.78, 5) is 0. The van der Waals surface area contributed by atoms with E-state index in [0.29, 0.717) is 23.6 Å². The van der Waals surface area contributed by atoms with Crippen LogP contribution in [0.4, 0.5) is 0 Å². The molecule has 0 bridgehead atoms. The number of ether oxygens (including phenoxy) is 1. The van der Waals surface area contributed by atoms with Gasteiger partial charge in [0.1, 0.15) is 18.1 Å². The van der Waals surface area contributed by atoms with Gasteiger partial charge in [-0.3, -0.25) is 0 Å².